The minimum atomic E-state index is -0.461. The van der Waals surface area contributed by atoms with E-state index in [9.17, 15) is 4.79 Å². The van der Waals surface area contributed by atoms with Crippen LogP contribution in [0.3, 0.4) is 0 Å². The van der Waals surface area contributed by atoms with Crippen molar-refractivity contribution in [2.24, 2.45) is 0 Å². The number of carbonyl (C=O) groups excluding carboxylic acids is 1. The molecule has 0 aliphatic heterocycles. The lowest BCUT2D eigenvalue weighted by Crippen LogP contribution is -2.05. The lowest BCUT2D eigenvalue weighted by molar-refractivity contribution is 0.0597. The minimum Gasteiger partial charge on any atom is -0.482 e. The molecule has 88 valence electrons. The van der Waals surface area contributed by atoms with E-state index in [1.54, 1.807) is 24.3 Å². The number of benzene rings is 1. The number of carbonyl (C=O) groups is 1. The average molecular weight is 343 g/mol. The Kier molecular flexibility index (Phi) is 5.49. The molecular weight excluding hydrogens is 333 g/mol. The maximum Gasteiger partial charge on any atom is 0.341 e. The van der Waals surface area contributed by atoms with Crippen LogP contribution in [0.4, 0.5) is 0 Å². The summed E-state index contributed by atoms with van der Waals surface area (Å²) in [4.78, 5) is 11.5. The highest BCUT2D eigenvalue weighted by atomic mass is 127. The van der Waals surface area contributed by atoms with Crippen molar-refractivity contribution in [2.45, 2.75) is 0 Å². The first kappa shape index (κ1) is 13.5. The van der Waals surface area contributed by atoms with Crippen LogP contribution in [0.2, 0.25) is 0 Å². The highest BCUT2D eigenvalue weighted by molar-refractivity contribution is 14.1. The molecule has 0 aliphatic carbocycles. The van der Waals surface area contributed by atoms with Gasteiger partial charge in [0.15, 0.2) is 0 Å². The van der Waals surface area contributed by atoms with Gasteiger partial charge in [-0.1, -0.05) is 6.07 Å². The fraction of sp³-hybridized carbons (Fsp3) is 0.167. The third-order valence-corrected chi connectivity index (χ3v) is 2.28. The van der Waals surface area contributed by atoms with E-state index < -0.39 is 5.97 Å². The van der Waals surface area contributed by atoms with Gasteiger partial charge in [-0.25, -0.2) is 4.79 Å². The molecule has 4 nitrogen and oxygen atoms in total. The fourth-order valence-electron chi connectivity index (χ4n) is 1.24. The van der Waals surface area contributed by atoms with Crippen LogP contribution in [0.1, 0.15) is 15.9 Å². The SMILES string of the molecule is COC(=O)c1cc(/C=C/C#N)ccc1OCI. The van der Waals surface area contributed by atoms with Gasteiger partial charge in [0.2, 0.25) is 0 Å². The smallest absolute Gasteiger partial charge is 0.341 e. The van der Waals surface area contributed by atoms with Crippen LogP contribution >= 0.6 is 22.6 Å². The van der Waals surface area contributed by atoms with E-state index in [-0.39, 0.29) is 0 Å². The summed E-state index contributed by atoms with van der Waals surface area (Å²) in [5, 5.41) is 8.44. The van der Waals surface area contributed by atoms with Crippen molar-refractivity contribution in [1.29, 1.82) is 5.26 Å². The highest BCUT2D eigenvalue weighted by Crippen LogP contribution is 2.22. The second kappa shape index (κ2) is 6.91. The molecule has 1 aromatic carbocycles. The molecule has 0 heterocycles. The van der Waals surface area contributed by atoms with Gasteiger partial charge in [-0.05, 0) is 46.4 Å². The first-order valence-corrected chi connectivity index (χ1v) is 6.22. The van der Waals surface area contributed by atoms with Crippen LogP contribution in [0.5, 0.6) is 5.75 Å². The summed E-state index contributed by atoms with van der Waals surface area (Å²) in [5.74, 6) is 0.0115. The van der Waals surface area contributed by atoms with Crippen molar-refractivity contribution >= 4 is 34.6 Å². The Morgan fingerprint density at radius 3 is 2.94 bits per heavy atom. The number of ether oxygens (including phenoxy) is 2. The molecule has 0 saturated heterocycles. The van der Waals surface area contributed by atoms with Crippen molar-refractivity contribution in [3.8, 4) is 11.8 Å². The number of esters is 1. The van der Waals surface area contributed by atoms with E-state index >= 15 is 0 Å². The molecule has 17 heavy (non-hydrogen) atoms. The average Bonchev–Trinajstić information content (AvgIpc) is 2.37. The van der Waals surface area contributed by atoms with Gasteiger partial charge in [0.1, 0.15) is 15.9 Å². The third kappa shape index (κ3) is 3.75. The number of methoxy groups -OCH3 is 1. The lowest BCUT2D eigenvalue weighted by atomic mass is 10.1. The van der Waals surface area contributed by atoms with Crippen molar-refractivity contribution < 1.29 is 14.3 Å². The Morgan fingerprint density at radius 2 is 2.35 bits per heavy atom. The maximum absolute atomic E-state index is 11.5. The van der Waals surface area contributed by atoms with Crippen LogP contribution in [0, 0.1) is 11.3 Å². The van der Waals surface area contributed by atoms with Crippen LogP contribution in [-0.2, 0) is 4.74 Å². The van der Waals surface area contributed by atoms with E-state index in [4.69, 9.17) is 10.00 Å². The Balaban J connectivity index is 3.15. The number of hydrogen-bond acceptors (Lipinski definition) is 4. The quantitative estimate of drug-likeness (QED) is 0.365. The molecule has 0 atom stereocenters. The number of alkyl halides is 1. The largest absolute Gasteiger partial charge is 0.482 e. The predicted octanol–water partition coefficient (Wildman–Crippen LogP) is 2.78. The first-order valence-electron chi connectivity index (χ1n) is 4.70. The van der Waals surface area contributed by atoms with Crippen molar-refractivity contribution in [1.82, 2.24) is 0 Å². The lowest BCUT2D eigenvalue weighted by Gasteiger charge is -2.08. The number of halogens is 1. The highest BCUT2D eigenvalue weighted by Gasteiger charge is 2.13. The molecule has 0 aliphatic rings. The zero-order valence-corrected chi connectivity index (χ0v) is 11.3. The topological polar surface area (TPSA) is 59.3 Å². The molecule has 0 unspecified atom stereocenters. The molecule has 0 spiro atoms. The Morgan fingerprint density at radius 1 is 1.59 bits per heavy atom. The third-order valence-electron chi connectivity index (χ3n) is 1.97. The van der Waals surface area contributed by atoms with Gasteiger partial charge in [-0.3, -0.25) is 0 Å². The van der Waals surface area contributed by atoms with Crippen molar-refractivity contribution in [3.63, 3.8) is 0 Å². The first-order chi connectivity index (χ1) is 8.22. The molecule has 0 aromatic heterocycles. The number of nitriles is 1. The zero-order chi connectivity index (χ0) is 12.7. The fourth-order valence-corrected chi connectivity index (χ4v) is 1.57. The Labute approximate surface area is 113 Å². The summed E-state index contributed by atoms with van der Waals surface area (Å²) in [6.07, 6.45) is 2.95. The number of hydrogen-bond donors (Lipinski definition) is 0. The standard InChI is InChI=1S/C12H10INO3/c1-16-12(15)10-7-9(3-2-6-14)4-5-11(10)17-8-13/h2-5,7H,8H2,1H3/b3-2+. The molecule has 0 fully saturated rings. The van der Waals surface area contributed by atoms with Gasteiger partial charge in [0.05, 0.1) is 13.2 Å². The molecule has 0 N–H and O–H groups in total. The zero-order valence-electron chi connectivity index (χ0n) is 9.14. The van der Waals surface area contributed by atoms with E-state index in [0.717, 1.165) is 5.56 Å². The molecule has 0 radical (unpaired) electrons. The number of allylic oxidation sites excluding steroid dienone is 1. The maximum atomic E-state index is 11.5. The van der Waals surface area contributed by atoms with E-state index in [1.807, 2.05) is 28.7 Å². The van der Waals surface area contributed by atoms with Crippen LogP contribution in [0.25, 0.3) is 6.08 Å². The second-order valence-electron chi connectivity index (χ2n) is 2.96. The molecule has 0 bridgehead atoms. The Bertz CT molecular complexity index is 477. The molecule has 1 rings (SSSR count). The van der Waals surface area contributed by atoms with Gasteiger partial charge < -0.3 is 9.47 Å². The molecule has 1 aromatic rings. The minimum absolute atomic E-state index is 0.351. The summed E-state index contributed by atoms with van der Waals surface area (Å²) in [7, 11) is 1.31. The summed E-state index contributed by atoms with van der Waals surface area (Å²) in [5.41, 5.74) is 1.09. The van der Waals surface area contributed by atoms with Crippen LogP contribution < -0.4 is 4.74 Å². The molecule has 0 amide bonds. The number of rotatable bonds is 4. The summed E-state index contributed by atoms with van der Waals surface area (Å²) >= 11 is 2.04. The van der Waals surface area contributed by atoms with Crippen molar-refractivity contribution in [3.05, 3.63) is 35.4 Å². The van der Waals surface area contributed by atoms with E-state index in [1.165, 1.54) is 13.2 Å². The van der Waals surface area contributed by atoms with Gasteiger partial charge in [0.25, 0.3) is 0 Å². The van der Waals surface area contributed by atoms with Gasteiger partial charge in [0, 0.05) is 6.08 Å². The van der Waals surface area contributed by atoms with Crippen molar-refractivity contribution in [2.75, 3.05) is 11.7 Å². The summed E-state index contributed by atoms with van der Waals surface area (Å²) in [6.45, 7) is 0. The second-order valence-corrected chi connectivity index (χ2v) is 3.59. The molecule has 0 saturated carbocycles. The number of nitrogens with zero attached hydrogens (tertiary/aromatic N) is 1. The summed E-state index contributed by atoms with van der Waals surface area (Å²) < 4.78 is 10.4. The predicted molar refractivity (Wildman–Crippen MR) is 71.9 cm³/mol. The van der Waals surface area contributed by atoms with E-state index in [0.29, 0.717) is 15.9 Å². The van der Waals surface area contributed by atoms with E-state index in [2.05, 4.69) is 4.74 Å². The van der Waals surface area contributed by atoms with Gasteiger partial charge in [-0.2, -0.15) is 5.26 Å². The Hall–Kier alpha value is -1.55. The monoisotopic (exact) mass is 343 g/mol. The van der Waals surface area contributed by atoms with Gasteiger partial charge >= 0.3 is 5.97 Å². The van der Waals surface area contributed by atoms with Crippen LogP contribution in [-0.4, -0.2) is 17.7 Å². The van der Waals surface area contributed by atoms with Crippen LogP contribution in [0.15, 0.2) is 24.3 Å². The summed E-state index contributed by atoms with van der Waals surface area (Å²) in [6, 6.07) is 6.96. The van der Waals surface area contributed by atoms with Gasteiger partial charge in [-0.15, -0.1) is 0 Å². The molecule has 5 heteroatoms. The normalized spacial score (nSPS) is 9.94. The molecular formula is C12H10INO3.